The first-order valence-electron chi connectivity index (χ1n) is 4.40. The first-order chi connectivity index (χ1) is 6.74. The van der Waals surface area contributed by atoms with Crippen LogP contribution < -0.4 is 5.73 Å². The molecule has 2 aromatic heterocycles. The van der Waals surface area contributed by atoms with Crippen molar-refractivity contribution in [1.82, 2.24) is 24.5 Å². The monoisotopic (exact) mass is 192 g/mol. The van der Waals surface area contributed by atoms with Crippen molar-refractivity contribution >= 4 is 5.69 Å². The zero-order valence-electron chi connectivity index (χ0n) is 8.18. The molecule has 0 radical (unpaired) electrons. The van der Waals surface area contributed by atoms with Gasteiger partial charge in [-0.2, -0.15) is 5.10 Å². The van der Waals surface area contributed by atoms with E-state index in [0.717, 1.165) is 12.1 Å². The third kappa shape index (κ3) is 1.15. The summed E-state index contributed by atoms with van der Waals surface area (Å²) >= 11 is 0. The number of anilines is 1. The standard InChI is InChI=1S/C8H12N6/c1-3-7-6(9)4-11-14(7)8-12-10-5-13(8)2/h4-5H,3,9H2,1-2H3. The van der Waals surface area contributed by atoms with E-state index in [9.17, 15) is 0 Å². The topological polar surface area (TPSA) is 74.6 Å². The van der Waals surface area contributed by atoms with Crippen LogP contribution in [0.2, 0.25) is 0 Å². The smallest absolute Gasteiger partial charge is 0.251 e. The molecular weight excluding hydrogens is 180 g/mol. The highest BCUT2D eigenvalue weighted by Gasteiger charge is 2.11. The van der Waals surface area contributed by atoms with Crippen LogP contribution in [0.3, 0.4) is 0 Å². The third-order valence-corrected chi connectivity index (χ3v) is 2.11. The van der Waals surface area contributed by atoms with Gasteiger partial charge in [0, 0.05) is 7.05 Å². The van der Waals surface area contributed by atoms with Gasteiger partial charge in [-0.1, -0.05) is 6.92 Å². The Balaban J connectivity index is 2.57. The van der Waals surface area contributed by atoms with Crippen molar-refractivity contribution in [3.05, 3.63) is 18.2 Å². The van der Waals surface area contributed by atoms with Crippen LogP contribution in [0.1, 0.15) is 12.6 Å². The van der Waals surface area contributed by atoms with Crippen LogP contribution in [0.4, 0.5) is 5.69 Å². The molecule has 0 aliphatic heterocycles. The van der Waals surface area contributed by atoms with Gasteiger partial charge in [-0.25, -0.2) is 4.68 Å². The van der Waals surface area contributed by atoms with Crippen molar-refractivity contribution in [3.8, 4) is 5.95 Å². The van der Waals surface area contributed by atoms with Crippen LogP contribution in [0.25, 0.3) is 5.95 Å². The van der Waals surface area contributed by atoms with E-state index in [2.05, 4.69) is 15.3 Å². The van der Waals surface area contributed by atoms with Crippen LogP contribution in [0, 0.1) is 0 Å². The average molecular weight is 192 g/mol. The van der Waals surface area contributed by atoms with Gasteiger partial charge in [0.05, 0.1) is 17.6 Å². The van der Waals surface area contributed by atoms with Gasteiger partial charge in [0.1, 0.15) is 6.33 Å². The Morgan fingerprint density at radius 3 is 2.86 bits per heavy atom. The van der Waals surface area contributed by atoms with Crippen molar-refractivity contribution in [2.45, 2.75) is 13.3 Å². The number of aryl methyl sites for hydroxylation is 1. The van der Waals surface area contributed by atoms with Crippen LogP contribution in [-0.2, 0) is 13.5 Å². The molecule has 0 bridgehead atoms. The minimum atomic E-state index is 0.679. The van der Waals surface area contributed by atoms with E-state index in [1.165, 1.54) is 0 Å². The highest BCUT2D eigenvalue weighted by molar-refractivity contribution is 5.43. The minimum Gasteiger partial charge on any atom is -0.396 e. The fourth-order valence-electron chi connectivity index (χ4n) is 1.38. The Kier molecular flexibility index (Phi) is 1.95. The van der Waals surface area contributed by atoms with Gasteiger partial charge in [-0.3, -0.25) is 0 Å². The van der Waals surface area contributed by atoms with Gasteiger partial charge >= 0.3 is 0 Å². The molecule has 0 amide bonds. The molecule has 0 aliphatic rings. The highest BCUT2D eigenvalue weighted by atomic mass is 15.4. The van der Waals surface area contributed by atoms with Gasteiger partial charge in [0.15, 0.2) is 0 Å². The lowest BCUT2D eigenvalue weighted by atomic mass is 10.3. The van der Waals surface area contributed by atoms with E-state index in [4.69, 9.17) is 5.73 Å². The summed E-state index contributed by atoms with van der Waals surface area (Å²) in [5.74, 6) is 0.679. The maximum absolute atomic E-state index is 5.77. The summed E-state index contributed by atoms with van der Waals surface area (Å²) in [7, 11) is 1.87. The number of aromatic nitrogens is 5. The van der Waals surface area contributed by atoms with Crippen molar-refractivity contribution < 1.29 is 0 Å². The number of nitrogens with two attached hydrogens (primary N) is 1. The van der Waals surface area contributed by atoms with Crippen molar-refractivity contribution in [1.29, 1.82) is 0 Å². The van der Waals surface area contributed by atoms with Crippen molar-refractivity contribution in [3.63, 3.8) is 0 Å². The first kappa shape index (κ1) is 8.74. The van der Waals surface area contributed by atoms with Gasteiger partial charge in [-0.05, 0) is 6.42 Å². The summed E-state index contributed by atoms with van der Waals surface area (Å²) in [5, 5.41) is 11.9. The van der Waals surface area contributed by atoms with E-state index in [-0.39, 0.29) is 0 Å². The number of rotatable bonds is 2. The molecule has 0 unspecified atom stereocenters. The lowest BCUT2D eigenvalue weighted by molar-refractivity contribution is 0.716. The maximum Gasteiger partial charge on any atom is 0.251 e. The molecule has 2 rings (SSSR count). The molecule has 0 saturated heterocycles. The Morgan fingerprint density at radius 2 is 2.29 bits per heavy atom. The summed E-state index contributed by atoms with van der Waals surface area (Å²) in [4.78, 5) is 0. The molecule has 6 heteroatoms. The zero-order valence-corrected chi connectivity index (χ0v) is 8.18. The summed E-state index contributed by atoms with van der Waals surface area (Å²) < 4.78 is 3.51. The average Bonchev–Trinajstić information content (AvgIpc) is 2.71. The van der Waals surface area contributed by atoms with E-state index in [0.29, 0.717) is 11.6 Å². The van der Waals surface area contributed by atoms with Gasteiger partial charge in [0.2, 0.25) is 0 Å². The lowest BCUT2D eigenvalue weighted by Gasteiger charge is -2.04. The van der Waals surface area contributed by atoms with E-state index < -0.39 is 0 Å². The summed E-state index contributed by atoms with van der Waals surface area (Å²) in [6.07, 6.45) is 4.08. The summed E-state index contributed by atoms with van der Waals surface area (Å²) in [5.41, 5.74) is 7.42. The SMILES string of the molecule is CCc1c(N)cnn1-c1nncn1C. The molecular formula is C8H12N6. The second-order valence-electron chi connectivity index (χ2n) is 3.05. The quantitative estimate of drug-likeness (QED) is 0.734. The number of nitrogens with zero attached hydrogens (tertiary/aromatic N) is 5. The van der Waals surface area contributed by atoms with Crippen LogP contribution in [0.15, 0.2) is 12.5 Å². The Morgan fingerprint density at radius 1 is 1.50 bits per heavy atom. The molecule has 0 spiro atoms. The van der Waals surface area contributed by atoms with Gasteiger partial charge < -0.3 is 10.3 Å². The second-order valence-corrected chi connectivity index (χ2v) is 3.05. The molecule has 14 heavy (non-hydrogen) atoms. The molecule has 74 valence electrons. The maximum atomic E-state index is 5.77. The number of hydrogen-bond donors (Lipinski definition) is 1. The Hall–Kier alpha value is -1.85. The third-order valence-electron chi connectivity index (χ3n) is 2.11. The van der Waals surface area contributed by atoms with Crippen LogP contribution >= 0.6 is 0 Å². The summed E-state index contributed by atoms with van der Waals surface area (Å²) in [6, 6.07) is 0. The zero-order chi connectivity index (χ0) is 10.1. The molecule has 0 atom stereocenters. The fourth-order valence-corrected chi connectivity index (χ4v) is 1.38. The number of hydrogen-bond acceptors (Lipinski definition) is 4. The predicted molar refractivity (Wildman–Crippen MR) is 51.9 cm³/mol. The predicted octanol–water partition coefficient (Wildman–Crippen LogP) is 0.145. The molecule has 2 N–H and O–H groups in total. The Bertz CT molecular complexity index is 440. The van der Waals surface area contributed by atoms with E-state index in [1.807, 2.05) is 14.0 Å². The fraction of sp³-hybridized carbons (Fsp3) is 0.375. The van der Waals surface area contributed by atoms with Gasteiger partial charge in [-0.15, -0.1) is 10.2 Å². The van der Waals surface area contributed by atoms with E-state index >= 15 is 0 Å². The minimum absolute atomic E-state index is 0.679. The van der Waals surface area contributed by atoms with Crippen molar-refractivity contribution in [2.75, 3.05) is 5.73 Å². The molecule has 0 aromatic carbocycles. The Labute approximate surface area is 81.4 Å². The molecule has 0 saturated carbocycles. The van der Waals surface area contributed by atoms with Crippen LogP contribution in [-0.4, -0.2) is 24.5 Å². The normalized spacial score (nSPS) is 10.7. The first-order valence-corrected chi connectivity index (χ1v) is 4.40. The molecule has 2 aromatic rings. The summed E-state index contributed by atoms with van der Waals surface area (Å²) in [6.45, 7) is 2.03. The molecule has 2 heterocycles. The van der Waals surface area contributed by atoms with E-state index in [1.54, 1.807) is 21.8 Å². The molecule has 6 nitrogen and oxygen atoms in total. The van der Waals surface area contributed by atoms with Crippen molar-refractivity contribution in [2.24, 2.45) is 7.05 Å². The molecule has 0 fully saturated rings. The lowest BCUT2D eigenvalue weighted by Crippen LogP contribution is -2.08. The molecule has 0 aliphatic carbocycles. The number of nitrogen functional groups attached to an aromatic ring is 1. The second kappa shape index (κ2) is 3.13. The van der Waals surface area contributed by atoms with Gasteiger partial charge in [0.25, 0.3) is 5.95 Å². The van der Waals surface area contributed by atoms with Crippen LogP contribution in [0.5, 0.6) is 0 Å². The largest absolute Gasteiger partial charge is 0.396 e. The highest BCUT2D eigenvalue weighted by Crippen LogP contribution is 2.14.